The lowest BCUT2D eigenvalue weighted by atomic mass is 10.4. The number of nitrogens with zero attached hydrogens (tertiary/aromatic N) is 1. The summed E-state index contributed by atoms with van der Waals surface area (Å²) in [5.41, 5.74) is 0. The minimum atomic E-state index is 0.754. The molecule has 0 fully saturated rings. The van der Waals surface area contributed by atoms with Crippen LogP contribution < -0.4 is 5.32 Å². The van der Waals surface area contributed by atoms with E-state index in [1.807, 2.05) is 12.4 Å². The molecule has 0 saturated carbocycles. The minimum absolute atomic E-state index is 0.754. The first-order valence-corrected chi connectivity index (χ1v) is 3.67. The molecule has 52 valence electrons. The third-order valence-corrected chi connectivity index (χ3v) is 1.54. The van der Waals surface area contributed by atoms with Crippen molar-refractivity contribution in [3.8, 4) is 0 Å². The molecular weight excluding hydrogens is 136 g/mol. The quantitative estimate of drug-likeness (QED) is 0.597. The number of halogens is 1. The van der Waals surface area contributed by atoms with Gasteiger partial charge in [-0.15, -0.1) is 11.6 Å². The van der Waals surface area contributed by atoms with E-state index >= 15 is 0 Å². The van der Waals surface area contributed by atoms with E-state index in [9.17, 15) is 0 Å². The van der Waals surface area contributed by atoms with Gasteiger partial charge < -0.3 is 10.2 Å². The molecule has 0 aromatic rings. The molecule has 9 heavy (non-hydrogen) atoms. The van der Waals surface area contributed by atoms with Crippen LogP contribution in [0, 0.1) is 0 Å². The number of nitrogens with one attached hydrogen (secondary N) is 1. The molecule has 0 atom stereocenters. The van der Waals surface area contributed by atoms with Crippen molar-refractivity contribution >= 4 is 11.6 Å². The Bertz CT molecular complexity index is 103. The van der Waals surface area contributed by atoms with Gasteiger partial charge in [0, 0.05) is 24.8 Å². The van der Waals surface area contributed by atoms with Crippen molar-refractivity contribution in [3.05, 3.63) is 12.4 Å². The summed E-state index contributed by atoms with van der Waals surface area (Å²) < 4.78 is 0. The van der Waals surface area contributed by atoms with E-state index in [2.05, 4.69) is 10.2 Å². The summed E-state index contributed by atoms with van der Waals surface area (Å²) >= 11 is 5.51. The van der Waals surface area contributed by atoms with E-state index in [1.54, 1.807) is 0 Å². The molecule has 0 unspecified atom stereocenters. The van der Waals surface area contributed by atoms with Crippen molar-refractivity contribution in [1.82, 2.24) is 10.2 Å². The van der Waals surface area contributed by atoms with Crippen molar-refractivity contribution in [3.63, 3.8) is 0 Å². The molecular formula is C6H11ClN2. The highest BCUT2D eigenvalue weighted by molar-refractivity contribution is 6.17. The van der Waals surface area contributed by atoms with Crippen LogP contribution in [0.15, 0.2) is 12.4 Å². The van der Waals surface area contributed by atoms with E-state index < -0.39 is 0 Å². The summed E-state index contributed by atoms with van der Waals surface area (Å²) in [7, 11) is 0. The zero-order valence-corrected chi connectivity index (χ0v) is 6.06. The second kappa shape index (κ2) is 3.62. The average molecular weight is 147 g/mol. The Morgan fingerprint density at radius 2 is 2.56 bits per heavy atom. The standard InChI is InChI=1S/C6H11ClN2/c7-2-1-4-9-5-3-8-6-9/h3,5,8H,1-2,4,6H2. The molecule has 1 N–H and O–H groups in total. The van der Waals surface area contributed by atoms with Gasteiger partial charge in [-0.2, -0.15) is 0 Å². The molecule has 1 heterocycles. The summed E-state index contributed by atoms with van der Waals surface area (Å²) in [5.74, 6) is 0.754. The number of hydrogen-bond donors (Lipinski definition) is 1. The van der Waals surface area contributed by atoms with E-state index in [1.165, 1.54) is 0 Å². The summed E-state index contributed by atoms with van der Waals surface area (Å²) in [4.78, 5) is 2.20. The van der Waals surface area contributed by atoms with Crippen LogP contribution in [0.25, 0.3) is 0 Å². The summed E-state index contributed by atoms with van der Waals surface area (Å²) in [6, 6.07) is 0. The topological polar surface area (TPSA) is 15.3 Å². The van der Waals surface area contributed by atoms with Crippen LogP contribution in [0.1, 0.15) is 6.42 Å². The van der Waals surface area contributed by atoms with Crippen LogP contribution in [-0.2, 0) is 0 Å². The predicted molar refractivity (Wildman–Crippen MR) is 39.2 cm³/mol. The second-order valence-electron chi connectivity index (χ2n) is 2.03. The first kappa shape index (κ1) is 6.75. The molecule has 1 aliphatic rings. The van der Waals surface area contributed by atoms with E-state index in [-0.39, 0.29) is 0 Å². The summed E-state index contributed by atoms with van der Waals surface area (Å²) in [6.07, 6.45) is 5.06. The largest absolute Gasteiger partial charge is 0.373 e. The Hall–Kier alpha value is -0.370. The van der Waals surface area contributed by atoms with Crippen LogP contribution in [0.2, 0.25) is 0 Å². The predicted octanol–water partition coefficient (Wildman–Crippen LogP) is 0.949. The van der Waals surface area contributed by atoms with Gasteiger partial charge in [0.2, 0.25) is 0 Å². The maximum absolute atomic E-state index is 5.51. The molecule has 0 bridgehead atoms. The molecule has 0 aromatic heterocycles. The number of rotatable bonds is 3. The molecule has 0 amide bonds. The smallest absolute Gasteiger partial charge is 0.0867 e. The summed E-state index contributed by atoms with van der Waals surface area (Å²) in [5, 5.41) is 3.08. The van der Waals surface area contributed by atoms with E-state index in [4.69, 9.17) is 11.6 Å². The van der Waals surface area contributed by atoms with Crippen molar-refractivity contribution in [2.75, 3.05) is 19.1 Å². The molecule has 0 spiro atoms. The Morgan fingerprint density at radius 3 is 3.11 bits per heavy atom. The summed E-state index contributed by atoms with van der Waals surface area (Å²) in [6.45, 7) is 2.00. The van der Waals surface area contributed by atoms with Gasteiger partial charge in [0.25, 0.3) is 0 Å². The third-order valence-electron chi connectivity index (χ3n) is 1.28. The monoisotopic (exact) mass is 146 g/mol. The van der Waals surface area contributed by atoms with Crippen LogP contribution in [0.5, 0.6) is 0 Å². The van der Waals surface area contributed by atoms with Gasteiger partial charge in [-0.3, -0.25) is 0 Å². The van der Waals surface area contributed by atoms with Crippen LogP contribution in [0.4, 0.5) is 0 Å². The van der Waals surface area contributed by atoms with Gasteiger partial charge >= 0.3 is 0 Å². The maximum Gasteiger partial charge on any atom is 0.0867 e. The van der Waals surface area contributed by atoms with Gasteiger partial charge in [0.1, 0.15) is 0 Å². The van der Waals surface area contributed by atoms with E-state index in [0.29, 0.717) is 0 Å². The van der Waals surface area contributed by atoms with Crippen LogP contribution in [0.3, 0.4) is 0 Å². The highest BCUT2D eigenvalue weighted by Gasteiger charge is 2.00. The van der Waals surface area contributed by atoms with Gasteiger partial charge in [-0.05, 0) is 6.42 Å². The Balaban J connectivity index is 2.05. The highest BCUT2D eigenvalue weighted by atomic mass is 35.5. The van der Waals surface area contributed by atoms with Gasteiger partial charge in [-0.25, -0.2) is 0 Å². The van der Waals surface area contributed by atoms with Crippen molar-refractivity contribution in [2.24, 2.45) is 0 Å². The lowest BCUT2D eigenvalue weighted by Gasteiger charge is -2.12. The number of alkyl halides is 1. The van der Waals surface area contributed by atoms with Gasteiger partial charge in [-0.1, -0.05) is 0 Å². The minimum Gasteiger partial charge on any atom is -0.373 e. The van der Waals surface area contributed by atoms with Crippen LogP contribution >= 0.6 is 11.6 Å². The Kier molecular flexibility index (Phi) is 2.71. The molecule has 1 aliphatic heterocycles. The molecule has 0 radical (unpaired) electrons. The molecule has 0 aromatic carbocycles. The first-order valence-electron chi connectivity index (χ1n) is 3.13. The van der Waals surface area contributed by atoms with Gasteiger partial charge in [0.15, 0.2) is 0 Å². The SMILES string of the molecule is ClCCCN1C=CNC1. The first-order chi connectivity index (χ1) is 4.43. The molecule has 0 aliphatic carbocycles. The fourth-order valence-electron chi connectivity index (χ4n) is 0.797. The average Bonchev–Trinajstić information content (AvgIpc) is 2.34. The van der Waals surface area contributed by atoms with Crippen LogP contribution in [-0.4, -0.2) is 24.0 Å². The highest BCUT2D eigenvalue weighted by Crippen LogP contribution is 1.96. The molecule has 3 heteroatoms. The zero-order valence-electron chi connectivity index (χ0n) is 5.31. The fraction of sp³-hybridized carbons (Fsp3) is 0.667. The number of hydrogen-bond acceptors (Lipinski definition) is 2. The molecule has 2 nitrogen and oxygen atoms in total. The van der Waals surface area contributed by atoms with Crippen molar-refractivity contribution in [1.29, 1.82) is 0 Å². The fourth-order valence-corrected chi connectivity index (χ4v) is 0.917. The van der Waals surface area contributed by atoms with Gasteiger partial charge in [0.05, 0.1) is 6.67 Å². The Labute approximate surface area is 60.5 Å². The molecule has 0 saturated heterocycles. The Morgan fingerprint density at radius 1 is 1.67 bits per heavy atom. The molecule has 1 rings (SSSR count). The lowest BCUT2D eigenvalue weighted by Crippen LogP contribution is -2.21. The third kappa shape index (κ3) is 2.14. The lowest BCUT2D eigenvalue weighted by molar-refractivity contribution is 0.392. The second-order valence-corrected chi connectivity index (χ2v) is 2.41. The van der Waals surface area contributed by atoms with Crippen molar-refractivity contribution in [2.45, 2.75) is 6.42 Å². The van der Waals surface area contributed by atoms with E-state index in [0.717, 1.165) is 25.5 Å². The maximum atomic E-state index is 5.51. The normalized spacial score (nSPS) is 16.3. The van der Waals surface area contributed by atoms with Crippen molar-refractivity contribution < 1.29 is 0 Å². The zero-order chi connectivity index (χ0) is 6.53.